The predicted octanol–water partition coefficient (Wildman–Crippen LogP) is 1.64. The van der Waals surface area contributed by atoms with Crippen molar-refractivity contribution >= 4 is 21.8 Å². The van der Waals surface area contributed by atoms with E-state index < -0.39 is 45.0 Å². The van der Waals surface area contributed by atoms with Crippen LogP contribution < -0.4 is 0 Å². The SMILES string of the molecule is COC(=O)C(C/C=C/[C@H]1OC(C)(C)O[C@H]1C(=O)OC)S(=O)(=O)c1ccccc1. The van der Waals surface area contributed by atoms with E-state index in [4.69, 9.17) is 14.2 Å². The van der Waals surface area contributed by atoms with Gasteiger partial charge in [-0.15, -0.1) is 0 Å². The molecule has 0 amide bonds. The van der Waals surface area contributed by atoms with E-state index in [0.717, 1.165) is 7.11 Å². The quantitative estimate of drug-likeness (QED) is 0.492. The smallest absolute Gasteiger partial charge is 0.338 e. The van der Waals surface area contributed by atoms with E-state index in [1.54, 1.807) is 32.0 Å². The van der Waals surface area contributed by atoms with Crippen molar-refractivity contribution in [2.75, 3.05) is 14.2 Å². The average molecular weight is 412 g/mol. The van der Waals surface area contributed by atoms with Crippen molar-refractivity contribution in [3.8, 4) is 0 Å². The fourth-order valence-corrected chi connectivity index (χ4v) is 4.40. The van der Waals surface area contributed by atoms with Crippen LogP contribution in [0.3, 0.4) is 0 Å². The van der Waals surface area contributed by atoms with Gasteiger partial charge in [0.15, 0.2) is 27.0 Å². The second kappa shape index (κ2) is 8.85. The molecule has 1 aliphatic rings. The Kier molecular flexibility index (Phi) is 6.97. The Morgan fingerprint density at radius 1 is 1.14 bits per heavy atom. The number of methoxy groups -OCH3 is 2. The van der Waals surface area contributed by atoms with E-state index in [1.807, 2.05) is 0 Å². The maximum Gasteiger partial charge on any atom is 0.338 e. The Morgan fingerprint density at radius 2 is 1.79 bits per heavy atom. The van der Waals surface area contributed by atoms with Crippen molar-refractivity contribution in [1.82, 2.24) is 0 Å². The number of hydrogen-bond acceptors (Lipinski definition) is 8. The van der Waals surface area contributed by atoms with Crippen LogP contribution in [-0.2, 0) is 38.4 Å². The molecule has 0 aliphatic carbocycles. The van der Waals surface area contributed by atoms with Gasteiger partial charge in [0.05, 0.1) is 19.1 Å². The molecule has 0 spiro atoms. The molecule has 8 nitrogen and oxygen atoms in total. The van der Waals surface area contributed by atoms with Crippen LogP contribution in [0, 0.1) is 0 Å². The topological polar surface area (TPSA) is 105 Å². The largest absolute Gasteiger partial charge is 0.468 e. The Labute approximate surface area is 164 Å². The number of sulfone groups is 1. The minimum absolute atomic E-state index is 0.0211. The Morgan fingerprint density at radius 3 is 2.36 bits per heavy atom. The van der Waals surface area contributed by atoms with Gasteiger partial charge in [0, 0.05) is 0 Å². The van der Waals surface area contributed by atoms with E-state index in [1.165, 1.54) is 31.4 Å². The molecule has 3 atom stereocenters. The van der Waals surface area contributed by atoms with Crippen LogP contribution in [-0.4, -0.2) is 57.8 Å². The van der Waals surface area contributed by atoms with Gasteiger partial charge in [-0.1, -0.05) is 30.4 Å². The van der Waals surface area contributed by atoms with Gasteiger partial charge in [0.1, 0.15) is 6.10 Å². The zero-order valence-corrected chi connectivity index (χ0v) is 17.0. The third-order valence-corrected chi connectivity index (χ3v) is 6.21. The van der Waals surface area contributed by atoms with Gasteiger partial charge in [0.2, 0.25) is 0 Å². The molecule has 0 aromatic heterocycles. The van der Waals surface area contributed by atoms with Crippen molar-refractivity contribution in [1.29, 1.82) is 0 Å². The van der Waals surface area contributed by atoms with Gasteiger partial charge in [-0.25, -0.2) is 13.2 Å². The van der Waals surface area contributed by atoms with E-state index in [-0.39, 0.29) is 11.3 Å². The van der Waals surface area contributed by atoms with E-state index in [2.05, 4.69) is 4.74 Å². The molecule has 1 unspecified atom stereocenters. The monoisotopic (exact) mass is 412 g/mol. The standard InChI is InChI=1S/C19H24O8S/c1-19(2)26-14(16(27-19)18(21)25-4)11-8-12-15(17(20)24-3)28(22,23)13-9-6-5-7-10-13/h5-11,14-16H,12H2,1-4H3/b11-8+/t14-,15?,16-/m1/s1. The summed E-state index contributed by atoms with van der Waals surface area (Å²) in [7, 11) is -1.59. The lowest BCUT2D eigenvalue weighted by Gasteiger charge is -2.16. The van der Waals surface area contributed by atoms with Crippen LogP contribution in [0.1, 0.15) is 20.3 Å². The lowest BCUT2D eigenvalue weighted by Crippen LogP contribution is -2.32. The molecule has 1 aromatic rings. The maximum absolute atomic E-state index is 12.8. The first-order chi connectivity index (χ1) is 13.1. The first-order valence-electron chi connectivity index (χ1n) is 8.59. The molecule has 1 heterocycles. The molecule has 1 aliphatic heterocycles. The molecule has 1 fully saturated rings. The Bertz CT molecular complexity index is 829. The minimum atomic E-state index is -3.96. The zero-order valence-electron chi connectivity index (χ0n) is 16.2. The number of carbonyl (C=O) groups is 2. The summed E-state index contributed by atoms with van der Waals surface area (Å²) in [6, 6.07) is 7.66. The summed E-state index contributed by atoms with van der Waals surface area (Å²) >= 11 is 0. The molecule has 0 bridgehead atoms. The van der Waals surface area contributed by atoms with Crippen LogP contribution in [0.5, 0.6) is 0 Å². The highest BCUT2D eigenvalue weighted by Gasteiger charge is 2.45. The molecule has 28 heavy (non-hydrogen) atoms. The van der Waals surface area contributed by atoms with Crippen LogP contribution in [0.15, 0.2) is 47.4 Å². The minimum Gasteiger partial charge on any atom is -0.468 e. The molecule has 0 saturated carbocycles. The first kappa shape index (κ1) is 22.1. The van der Waals surface area contributed by atoms with E-state index in [0.29, 0.717) is 0 Å². The fraction of sp³-hybridized carbons (Fsp3) is 0.474. The summed E-state index contributed by atoms with van der Waals surface area (Å²) in [5.74, 6) is -2.49. The van der Waals surface area contributed by atoms with Gasteiger partial charge in [-0.2, -0.15) is 0 Å². The van der Waals surface area contributed by atoms with E-state index >= 15 is 0 Å². The van der Waals surface area contributed by atoms with Crippen molar-refractivity contribution in [2.45, 2.75) is 48.4 Å². The third-order valence-electron chi connectivity index (χ3n) is 4.15. The van der Waals surface area contributed by atoms with Crippen LogP contribution >= 0.6 is 0 Å². The van der Waals surface area contributed by atoms with Gasteiger partial charge >= 0.3 is 11.9 Å². The summed E-state index contributed by atoms with van der Waals surface area (Å²) in [6.07, 6.45) is 1.04. The van der Waals surface area contributed by atoms with Crippen molar-refractivity contribution in [3.05, 3.63) is 42.5 Å². The van der Waals surface area contributed by atoms with Gasteiger partial charge in [-0.05, 0) is 32.4 Å². The number of benzene rings is 1. The first-order valence-corrected chi connectivity index (χ1v) is 10.1. The molecule has 0 radical (unpaired) electrons. The van der Waals surface area contributed by atoms with Gasteiger partial charge in [0.25, 0.3) is 0 Å². The van der Waals surface area contributed by atoms with E-state index in [9.17, 15) is 18.0 Å². The van der Waals surface area contributed by atoms with Crippen molar-refractivity contribution in [2.24, 2.45) is 0 Å². The molecule has 0 N–H and O–H groups in total. The molecule has 154 valence electrons. The third kappa shape index (κ3) is 4.98. The fourth-order valence-electron chi connectivity index (χ4n) is 2.82. The summed E-state index contributed by atoms with van der Waals surface area (Å²) < 4.78 is 46.2. The second-order valence-corrected chi connectivity index (χ2v) is 8.71. The summed E-state index contributed by atoms with van der Waals surface area (Å²) in [5, 5.41) is -1.43. The molecular formula is C19H24O8S. The number of rotatable bonds is 7. The Balaban J connectivity index is 2.22. The van der Waals surface area contributed by atoms with Crippen LogP contribution in [0.2, 0.25) is 0 Å². The molecule has 2 rings (SSSR count). The lowest BCUT2D eigenvalue weighted by atomic mass is 10.1. The highest BCUT2D eigenvalue weighted by atomic mass is 32.2. The number of allylic oxidation sites excluding steroid dienone is 1. The molecular weight excluding hydrogens is 388 g/mol. The van der Waals surface area contributed by atoms with Crippen LogP contribution in [0.25, 0.3) is 0 Å². The second-order valence-electron chi connectivity index (χ2n) is 6.58. The predicted molar refractivity (Wildman–Crippen MR) is 99.0 cm³/mol. The maximum atomic E-state index is 12.8. The summed E-state index contributed by atoms with van der Waals surface area (Å²) in [4.78, 5) is 24.0. The highest BCUT2D eigenvalue weighted by molar-refractivity contribution is 7.92. The average Bonchev–Trinajstić information content (AvgIpc) is 2.99. The van der Waals surface area contributed by atoms with Crippen LogP contribution in [0.4, 0.5) is 0 Å². The molecule has 1 aromatic carbocycles. The molecule has 9 heteroatoms. The summed E-state index contributed by atoms with van der Waals surface area (Å²) in [6.45, 7) is 3.29. The van der Waals surface area contributed by atoms with Gasteiger partial charge in [-0.3, -0.25) is 4.79 Å². The lowest BCUT2D eigenvalue weighted by molar-refractivity contribution is -0.167. The van der Waals surface area contributed by atoms with Crippen molar-refractivity contribution < 1.29 is 37.0 Å². The normalized spacial score (nSPS) is 22.7. The molecule has 1 saturated heterocycles. The number of hydrogen-bond donors (Lipinski definition) is 0. The zero-order chi connectivity index (χ0) is 20.9. The number of esters is 2. The van der Waals surface area contributed by atoms with Gasteiger partial charge < -0.3 is 18.9 Å². The number of ether oxygens (including phenoxy) is 4. The highest BCUT2D eigenvalue weighted by Crippen LogP contribution is 2.30. The van der Waals surface area contributed by atoms with Crippen molar-refractivity contribution in [3.63, 3.8) is 0 Å². The number of carbonyl (C=O) groups excluding carboxylic acids is 2. The Hall–Kier alpha value is -2.23. The summed E-state index contributed by atoms with van der Waals surface area (Å²) in [5.41, 5.74) is 0.